The summed E-state index contributed by atoms with van der Waals surface area (Å²) in [7, 11) is 0.851. The van der Waals surface area contributed by atoms with Gasteiger partial charge in [-0.15, -0.1) is 0 Å². The first-order chi connectivity index (χ1) is 9.62. The van der Waals surface area contributed by atoms with Crippen LogP contribution in [0.1, 0.15) is 59.6 Å². The molecular weight excluding hydrogens is 278 g/mol. The molecule has 0 spiro atoms. The first-order valence-electron chi connectivity index (χ1n) is 7.87. The maximum atomic E-state index is 12.7. The molecule has 0 saturated carbocycles. The second-order valence-corrected chi connectivity index (χ2v) is 8.26. The fraction of sp³-hybridized carbons (Fsp3) is 0.667. The molecule has 0 fully saturated rings. The number of benzene rings is 1. The molecule has 0 aromatic heterocycles. The summed E-state index contributed by atoms with van der Waals surface area (Å²) in [4.78, 5) is 0.946. The van der Waals surface area contributed by atoms with Crippen LogP contribution in [0.15, 0.2) is 23.1 Å². The van der Waals surface area contributed by atoms with Gasteiger partial charge in [0.15, 0.2) is 0 Å². The van der Waals surface area contributed by atoms with Gasteiger partial charge in [-0.05, 0) is 29.9 Å². The highest BCUT2D eigenvalue weighted by molar-refractivity contribution is 7.82. The van der Waals surface area contributed by atoms with E-state index in [0.29, 0.717) is 5.92 Å². The van der Waals surface area contributed by atoms with Crippen molar-refractivity contribution in [1.29, 1.82) is 0 Å². The molecule has 2 nitrogen and oxygen atoms in total. The Morgan fingerprint density at radius 3 is 2.14 bits per heavy atom. The van der Waals surface area contributed by atoms with Crippen molar-refractivity contribution in [2.24, 2.45) is 5.92 Å². The van der Waals surface area contributed by atoms with E-state index in [-0.39, 0.29) is 5.41 Å². The van der Waals surface area contributed by atoms with Gasteiger partial charge < -0.3 is 0 Å². The molecule has 1 aromatic carbocycles. The van der Waals surface area contributed by atoms with E-state index in [9.17, 15) is 4.21 Å². The Bertz CT molecular complexity index is 461. The molecule has 0 aliphatic rings. The summed E-state index contributed by atoms with van der Waals surface area (Å²) in [6.45, 7) is 17.7. The molecule has 0 aliphatic carbocycles. The van der Waals surface area contributed by atoms with E-state index in [1.807, 2.05) is 37.3 Å². The van der Waals surface area contributed by atoms with Gasteiger partial charge in [-0.25, -0.2) is 8.51 Å². The van der Waals surface area contributed by atoms with Gasteiger partial charge in [0.1, 0.15) is 11.0 Å². The van der Waals surface area contributed by atoms with Crippen molar-refractivity contribution < 1.29 is 4.21 Å². The number of hydrogen-bond acceptors (Lipinski definition) is 1. The molecule has 122 valence electrons. The van der Waals surface area contributed by atoms with Gasteiger partial charge in [-0.3, -0.25) is 0 Å². The van der Waals surface area contributed by atoms with Crippen LogP contribution in [-0.4, -0.2) is 22.1 Å². The van der Waals surface area contributed by atoms with Crippen LogP contribution in [0.3, 0.4) is 0 Å². The normalized spacial score (nSPS) is 13.1. The zero-order valence-corrected chi connectivity index (χ0v) is 16.1. The highest BCUT2D eigenvalue weighted by Crippen LogP contribution is 2.29. The third-order valence-electron chi connectivity index (χ3n) is 3.04. The number of hydrogen-bond donors (Lipinski definition) is 0. The minimum atomic E-state index is -1.08. The summed E-state index contributed by atoms with van der Waals surface area (Å²) in [5, 5.41) is 0. The van der Waals surface area contributed by atoms with Crippen molar-refractivity contribution in [3.63, 3.8) is 0 Å². The minimum Gasteiger partial charge on any atom is -0.237 e. The molecule has 1 atom stereocenters. The van der Waals surface area contributed by atoms with Crippen molar-refractivity contribution in [1.82, 2.24) is 4.31 Å². The Labute approximate surface area is 134 Å². The number of rotatable bonds is 4. The van der Waals surface area contributed by atoms with Gasteiger partial charge in [-0.1, -0.05) is 66.2 Å². The Kier molecular flexibility index (Phi) is 8.42. The number of aryl methyl sites for hydroxylation is 1. The maximum Gasteiger partial charge on any atom is 0.127 e. The SMILES string of the molecule is CC.Cc1ccc(S(=O)N(C)CC(C)C)c(C(C)(C)C)c1. The van der Waals surface area contributed by atoms with Gasteiger partial charge in [0.25, 0.3) is 0 Å². The van der Waals surface area contributed by atoms with Crippen molar-refractivity contribution in [2.45, 2.75) is 65.7 Å². The predicted octanol–water partition coefficient (Wildman–Crippen LogP) is 4.93. The second kappa shape index (κ2) is 8.70. The van der Waals surface area contributed by atoms with Crippen LogP contribution in [0, 0.1) is 12.8 Å². The topological polar surface area (TPSA) is 20.3 Å². The Balaban J connectivity index is 0.00000191. The molecule has 1 unspecified atom stereocenters. The van der Waals surface area contributed by atoms with E-state index in [4.69, 9.17) is 0 Å². The van der Waals surface area contributed by atoms with E-state index in [1.165, 1.54) is 11.1 Å². The molecule has 0 saturated heterocycles. The second-order valence-electron chi connectivity index (χ2n) is 6.70. The quantitative estimate of drug-likeness (QED) is 0.772. The predicted molar refractivity (Wildman–Crippen MR) is 95.1 cm³/mol. The first-order valence-corrected chi connectivity index (χ1v) is 8.97. The molecule has 0 aliphatic heterocycles. The Hall–Kier alpha value is -0.670. The van der Waals surface area contributed by atoms with Gasteiger partial charge in [0.2, 0.25) is 0 Å². The molecule has 1 aromatic rings. The average Bonchev–Trinajstić information content (AvgIpc) is 2.38. The van der Waals surface area contributed by atoms with Crippen molar-refractivity contribution >= 4 is 11.0 Å². The van der Waals surface area contributed by atoms with Crippen LogP contribution in [-0.2, 0) is 16.4 Å². The van der Waals surface area contributed by atoms with E-state index in [2.05, 4.69) is 47.6 Å². The summed E-state index contributed by atoms with van der Waals surface area (Å²) in [6, 6.07) is 6.23. The van der Waals surface area contributed by atoms with Gasteiger partial charge >= 0.3 is 0 Å². The van der Waals surface area contributed by atoms with Crippen LogP contribution in [0.25, 0.3) is 0 Å². The maximum absolute atomic E-state index is 12.7. The van der Waals surface area contributed by atoms with Crippen molar-refractivity contribution in [3.8, 4) is 0 Å². The van der Waals surface area contributed by atoms with Crippen LogP contribution in [0.4, 0.5) is 0 Å². The lowest BCUT2D eigenvalue weighted by molar-refractivity contribution is 0.444. The van der Waals surface area contributed by atoms with Crippen LogP contribution < -0.4 is 0 Å². The smallest absolute Gasteiger partial charge is 0.127 e. The monoisotopic (exact) mass is 311 g/mol. The van der Waals surface area contributed by atoms with Crippen molar-refractivity contribution in [3.05, 3.63) is 29.3 Å². The molecule has 3 heteroatoms. The number of nitrogens with zero attached hydrogens (tertiary/aromatic N) is 1. The van der Waals surface area contributed by atoms with E-state index < -0.39 is 11.0 Å². The minimum absolute atomic E-state index is 0.00961. The third-order valence-corrected chi connectivity index (χ3v) is 4.48. The lowest BCUT2D eigenvalue weighted by Gasteiger charge is -2.26. The molecule has 0 bridgehead atoms. The first kappa shape index (κ1) is 20.3. The van der Waals surface area contributed by atoms with E-state index in [1.54, 1.807) is 0 Å². The van der Waals surface area contributed by atoms with Crippen LogP contribution in [0.2, 0.25) is 0 Å². The lowest BCUT2D eigenvalue weighted by atomic mass is 9.86. The standard InChI is InChI=1S/C16H27NOS.C2H6/c1-12(2)11-17(7)19(18)15-9-8-13(3)10-14(15)16(4,5)6;1-2/h8-10,12H,11H2,1-7H3;1-2H3. The zero-order valence-electron chi connectivity index (χ0n) is 15.3. The van der Waals surface area contributed by atoms with E-state index >= 15 is 0 Å². The fourth-order valence-corrected chi connectivity index (χ4v) is 3.64. The summed E-state index contributed by atoms with van der Waals surface area (Å²) >= 11 is 0. The molecule has 0 amide bonds. The van der Waals surface area contributed by atoms with Crippen LogP contribution in [0.5, 0.6) is 0 Å². The Morgan fingerprint density at radius 2 is 1.71 bits per heavy atom. The average molecular weight is 312 g/mol. The highest BCUT2D eigenvalue weighted by Gasteiger charge is 2.23. The molecule has 0 heterocycles. The summed E-state index contributed by atoms with van der Waals surface area (Å²) in [6.07, 6.45) is 0. The summed E-state index contributed by atoms with van der Waals surface area (Å²) in [5.74, 6) is 0.512. The lowest BCUT2D eigenvalue weighted by Crippen LogP contribution is -2.27. The van der Waals surface area contributed by atoms with Crippen molar-refractivity contribution in [2.75, 3.05) is 13.6 Å². The molecule has 0 N–H and O–H groups in total. The van der Waals surface area contributed by atoms with Gasteiger partial charge in [-0.2, -0.15) is 0 Å². The summed E-state index contributed by atoms with van der Waals surface area (Å²) in [5.41, 5.74) is 2.41. The highest BCUT2D eigenvalue weighted by atomic mass is 32.2. The largest absolute Gasteiger partial charge is 0.237 e. The molecular formula is C18H33NOS. The van der Waals surface area contributed by atoms with Gasteiger partial charge in [0, 0.05) is 13.6 Å². The molecule has 1 rings (SSSR count). The molecule has 0 radical (unpaired) electrons. The summed E-state index contributed by atoms with van der Waals surface area (Å²) < 4.78 is 14.6. The molecule has 21 heavy (non-hydrogen) atoms. The van der Waals surface area contributed by atoms with Crippen LogP contribution >= 0.6 is 0 Å². The van der Waals surface area contributed by atoms with E-state index in [0.717, 1.165) is 11.4 Å². The Morgan fingerprint density at radius 1 is 1.19 bits per heavy atom. The van der Waals surface area contributed by atoms with Gasteiger partial charge in [0.05, 0.1) is 4.90 Å². The third kappa shape index (κ3) is 6.31. The zero-order chi connectivity index (χ0) is 16.8. The fourth-order valence-electron chi connectivity index (χ4n) is 2.13.